The fourth-order valence-electron chi connectivity index (χ4n) is 2.29. The number of hydrogen-bond donors (Lipinski definition) is 2. The number of carbonyl (C=O) groups is 2. The Morgan fingerprint density at radius 3 is 1.13 bits per heavy atom. The number of esters is 2. The Morgan fingerprint density at radius 1 is 0.516 bits per heavy atom. The predicted octanol–water partition coefficient (Wildman–Crippen LogP) is 2.16. The van der Waals surface area contributed by atoms with Crippen molar-refractivity contribution in [2.45, 2.75) is 0 Å². The number of benzene rings is 2. The van der Waals surface area contributed by atoms with E-state index in [2.05, 4.69) is 0 Å². The second-order valence-corrected chi connectivity index (χ2v) is 6.20. The van der Waals surface area contributed by atoms with Crippen LogP contribution >= 0.6 is 0 Å². The summed E-state index contributed by atoms with van der Waals surface area (Å²) in [5.41, 5.74) is 0.715. The van der Waals surface area contributed by atoms with E-state index in [4.69, 9.17) is 23.7 Å². The van der Waals surface area contributed by atoms with Gasteiger partial charge in [0, 0.05) is 0 Å². The zero-order valence-corrected chi connectivity index (χ0v) is 17.0. The zero-order chi connectivity index (χ0) is 22.3. The van der Waals surface area contributed by atoms with Crippen LogP contribution in [0.5, 0.6) is 11.5 Å². The molecule has 31 heavy (non-hydrogen) atoms. The van der Waals surface area contributed by atoms with Crippen LogP contribution in [-0.4, -0.2) is 75.0 Å². The molecule has 9 nitrogen and oxygen atoms in total. The van der Waals surface area contributed by atoms with Crippen LogP contribution in [0.25, 0.3) is 0 Å². The monoisotopic (exact) mass is 434 g/mol. The zero-order valence-electron chi connectivity index (χ0n) is 17.0. The summed E-state index contributed by atoms with van der Waals surface area (Å²) in [7, 11) is 0. The number of phenolic OH excluding ortho intramolecular Hbond substituents is 2. The number of hydrogen-bond acceptors (Lipinski definition) is 9. The van der Waals surface area contributed by atoms with Gasteiger partial charge in [0.15, 0.2) is 0 Å². The van der Waals surface area contributed by atoms with Crippen molar-refractivity contribution in [2.24, 2.45) is 0 Å². The molecule has 2 aromatic rings. The maximum Gasteiger partial charge on any atom is 0.338 e. The predicted molar refractivity (Wildman–Crippen MR) is 109 cm³/mol. The third-order valence-electron chi connectivity index (χ3n) is 3.87. The van der Waals surface area contributed by atoms with Gasteiger partial charge >= 0.3 is 11.9 Å². The Bertz CT molecular complexity index is 720. The van der Waals surface area contributed by atoms with Crippen molar-refractivity contribution >= 4 is 11.9 Å². The third kappa shape index (κ3) is 9.94. The molecule has 0 aliphatic rings. The highest BCUT2D eigenvalue weighted by atomic mass is 16.6. The van der Waals surface area contributed by atoms with Crippen LogP contribution in [0.1, 0.15) is 20.7 Å². The van der Waals surface area contributed by atoms with E-state index in [0.717, 1.165) is 0 Å². The molecule has 0 saturated carbocycles. The number of ether oxygens (including phenoxy) is 5. The van der Waals surface area contributed by atoms with Crippen molar-refractivity contribution in [3.05, 3.63) is 59.7 Å². The van der Waals surface area contributed by atoms with Gasteiger partial charge in [-0.3, -0.25) is 0 Å². The van der Waals surface area contributed by atoms with Gasteiger partial charge in [0.25, 0.3) is 0 Å². The first-order valence-corrected chi connectivity index (χ1v) is 9.72. The minimum absolute atomic E-state index is 0.0827. The molecule has 0 aliphatic carbocycles. The van der Waals surface area contributed by atoms with Gasteiger partial charge in [-0.1, -0.05) is 0 Å². The number of rotatable bonds is 14. The maximum atomic E-state index is 11.7. The quantitative estimate of drug-likeness (QED) is 0.340. The molecule has 0 heterocycles. The summed E-state index contributed by atoms with van der Waals surface area (Å²) in [5.74, 6) is -0.796. The minimum atomic E-state index is -0.481. The summed E-state index contributed by atoms with van der Waals surface area (Å²) < 4.78 is 26.0. The minimum Gasteiger partial charge on any atom is -0.508 e. The van der Waals surface area contributed by atoms with E-state index in [1.165, 1.54) is 48.5 Å². The van der Waals surface area contributed by atoms with E-state index in [0.29, 0.717) is 37.6 Å². The summed E-state index contributed by atoms with van der Waals surface area (Å²) in [6.45, 7) is 2.15. The highest BCUT2D eigenvalue weighted by molar-refractivity contribution is 5.89. The molecule has 2 N–H and O–H groups in total. The second-order valence-electron chi connectivity index (χ2n) is 6.20. The smallest absolute Gasteiger partial charge is 0.338 e. The molecule has 9 heteroatoms. The van der Waals surface area contributed by atoms with Gasteiger partial charge in [-0.25, -0.2) is 9.59 Å². The van der Waals surface area contributed by atoms with Gasteiger partial charge in [-0.05, 0) is 48.5 Å². The SMILES string of the molecule is O=C(OCCOCCOCCOCCOC(=O)c1ccc(O)cc1)c1ccc(O)cc1. The topological polar surface area (TPSA) is 121 Å². The molecule has 0 amide bonds. The first-order valence-electron chi connectivity index (χ1n) is 9.72. The molecule has 0 unspecified atom stereocenters. The fourth-order valence-corrected chi connectivity index (χ4v) is 2.29. The Kier molecular flexibility index (Phi) is 10.9. The first kappa shape index (κ1) is 24.1. The highest BCUT2D eigenvalue weighted by Gasteiger charge is 2.07. The van der Waals surface area contributed by atoms with Gasteiger partial charge in [0.1, 0.15) is 24.7 Å². The average molecular weight is 434 g/mol. The summed E-state index contributed by atoms with van der Waals surface area (Å²) in [4.78, 5) is 23.5. The van der Waals surface area contributed by atoms with Gasteiger partial charge in [-0.15, -0.1) is 0 Å². The van der Waals surface area contributed by atoms with Crippen LogP contribution in [0.3, 0.4) is 0 Å². The summed E-state index contributed by atoms with van der Waals surface area (Å²) in [6, 6.07) is 11.6. The highest BCUT2D eigenvalue weighted by Crippen LogP contribution is 2.11. The number of carbonyl (C=O) groups excluding carboxylic acids is 2. The van der Waals surface area contributed by atoms with Crippen molar-refractivity contribution in [3.8, 4) is 11.5 Å². The molecule has 2 aromatic carbocycles. The van der Waals surface area contributed by atoms with E-state index in [1.54, 1.807) is 0 Å². The van der Waals surface area contributed by atoms with Crippen LogP contribution in [0, 0.1) is 0 Å². The Morgan fingerprint density at radius 2 is 0.806 bits per heavy atom. The average Bonchev–Trinajstić information content (AvgIpc) is 2.77. The fraction of sp³-hybridized carbons (Fsp3) is 0.364. The van der Waals surface area contributed by atoms with Crippen LogP contribution in [0.15, 0.2) is 48.5 Å². The molecule has 0 saturated heterocycles. The summed E-state index contributed by atoms with van der Waals surface area (Å²) in [5, 5.41) is 18.4. The molecule has 168 valence electrons. The Labute approximate surface area is 180 Å². The van der Waals surface area contributed by atoms with Crippen LogP contribution in [0.2, 0.25) is 0 Å². The standard InChI is InChI=1S/C22H26O9/c23-19-5-1-17(2-6-19)21(25)30-15-13-28-11-9-27-10-12-29-14-16-31-22(26)18-3-7-20(24)8-4-18/h1-8,23-24H,9-16H2. The Balaban J connectivity index is 1.36. The molecule has 0 bridgehead atoms. The lowest BCUT2D eigenvalue weighted by Crippen LogP contribution is -2.15. The van der Waals surface area contributed by atoms with E-state index in [9.17, 15) is 19.8 Å². The van der Waals surface area contributed by atoms with Gasteiger partial charge < -0.3 is 33.9 Å². The summed E-state index contributed by atoms with van der Waals surface area (Å²) in [6.07, 6.45) is 0. The lowest BCUT2D eigenvalue weighted by atomic mass is 10.2. The van der Waals surface area contributed by atoms with E-state index in [1.807, 2.05) is 0 Å². The molecule has 2 rings (SSSR count). The van der Waals surface area contributed by atoms with Crippen LogP contribution in [-0.2, 0) is 23.7 Å². The van der Waals surface area contributed by atoms with Crippen LogP contribution < -0.4 is 0 Å². The molecular formula is C22H26O9. The van der Waals surface area contributed by atoms with Crippen molar-refractivity contribution < 1.29 is 43.5 Å². The maximum absolute atomic E-state index is 11.7. The number of phenols is 2. The van der Waals surface area contributed by atoms with E-state index >= 15 is 0 Å². The Hall–Kier alpha value is -3.14. The van der Waals surface area contributed by atoms with Gasteiger partial charge in [-0.2, -0.15) is 0 Å². The third-order valence-corrected chi connectivity index (χ3v) is 3.87. The molecule has 0 fully saturated rings. The van der Waals surface area contributed by atoms with E-state index < -0.39 is 11.9 Å². The second kappa shape index (κ2) is 14.0. The van der Waals surface area contributed by atoms with Gasteiger partial charge in [0.05, 0.1) is 50.8 Å². The lowest BCUT2D eigenvalue weighted by molar-refractivity contribution is -0.00674. The molecule has 0 atom stereocenters. The molecule has 0 aliphatic heterocycles. The number of aromatic hydroxyl groups is 2. The molecule has 0 aromatic heterocycles. The van der Waals surface area contributed by atoms with Crippen molar-refractivity contribution in [1.82, 2.24) is 0 Å². The van der Waals surface area contributed by atoms with Crippen molar-refractivity contribution in [1.29, 1.82) is 0 Å². The van der Waals surface area contributed by atoms with Crippen LogP contribution in [0.4, 0.5) is 0 Å². The lowest BCUT2D eigenvalue weighted by Gasteiger charge is -2.08. The molecule has 0 spiro atoms. The first-order chi connectivity index (χ1) is 15.1. The summed E-state index contributed by atoms with van der Waals surface area (Å²) >= 11 is 0. The van der Waals surface area contributed by atoms with Gasteiger partial charge in [0.2, 0.25) is 0 Å². The van der Waals surface area contributed by atoms with Crippen molar-refractivity contribution in [2.75, 3.05) is 52.9 Å². The molecular weight excluding hydrogens is 408 g/mol. The normalized spacial score (nSPS) is 10.6. The molecule has 0 radical (unpaired) electrons. The largest absolute Gasteiger partial charge is 0.508 e. The van der Waals surface area contributed by atoms with Crippen molar-refractivity contribution in [3.63, 3.8) is 0 Å². The van der Waals surface area contributed by atoms with E-state index in [-0.39, 0.29) is 37.9 Å².